The lowest BCUT2D eigenvalue weighted by Gasteiger charge is -2.28. The van der Waals surface area contributed by atoms with Crippen LogP contribution in [0.3, 0.4) is 0 Å². The molecule has 3 aliphatic rings. The van der Waals surface area contributed by atoms with E-state index >= 15 is 0 Å². The van der Waals surface area contributed by atoms with Crippen LogP contribution >= 0.6 is 0 Å². The quantitative estimate of drug-likeness (QED) is 0.689. The van der Waals surface area contributed by atoms with Gasteiger partial charge >= 0.3 is 0 Å². The average Bonchev–Trinajstić information content (AvgIpc) is 3.50. The van der Waals surface area contributed by atoms with Gasteiger partial charge in [0.2, 0.25) is 11.8 Å². The van der Waals surface area contributed by atoms with Crippen LogP contribution in [0.2, 0.25) is 0 Å². The lowest BCUT2D eigenvalue weighted by Crippen LogP contribution is -2.48. The summed E-state index contributed by atoms with van der Waals surface area (Å²) in [6.45, 7) is 10.9. The van der Waals surface area contributed by atoms with Crippen LogP contribution in [0.4, 0.5) is 5.69 Å². The highest BCUT2D eigenvalue weighted by Gasteiger charge is 2.70. The molecule has 1 saturated heterocycles. The van der Waals surface area contributed by atoms with Gasteiger partial charge in [0.1, 0.15) is 11.8 Å². The number of carbonyl (C=O) groups excluding carboxylic acids is 3. The summed E-state index contributed by atoms with van der Waals surface area (Å²) in [6, 6.07) is 6.34. The van der Waals surface area contributed by atoms with Crippen molar-refractivity contribution in [3.63, 3.8) is 0 Å². The van der Waals surface area contributed by atoms with Gasteiger partial charge in [-0.05, 0) is 54.9 Å². The molecule has 0 radical (unpaired) electrons. The molecular weight excluding hydrogens is 368 g/mol. The third-order valence-electron chi connectivity index (χ3n) is 7.33. The van der Waals surface area contributed by atoms with Crippen molar-refractivity contribution in [1.82, 2.24) is 4.90 Å². The molecule has 2 aliphatic carbocycles. The Morgan fingerprint density at radius 3 is 2.17 bits per heavy atom. The highest BCUT2D eigenvalue weighted by atomic mass is 16.5. The number of benzene rings is 1. The summed E-state index contributed by atoms with van der Waals surface area (Å²) in [7, 11) is 0. The van der Waals surface area contributed by atoms with Crippen molar-refractivity contribution in [1.29, 1.82) is 0 Å². The molecule has 1 aromatic rings. The molecule has 3 amide bonds. The van der Waals surface area contributed by atoms with Gasteiger partial charge in [0.05, 0.1) is 18.7 Å². The van der Waals surface area contributed by atoms with Gasteiger partial charge in [-0.1, -0.05) is 27.7 Å². The smallest absolute Gasteiger partial charge is 0.257 e. The minimum atomic E-state index is -0.693. The normalized spacial score (nSPS) is 25.3. The number of imide groups is 1. The molecule has 6 heteroatoms. The van der Waals surface area contributed by atoms with E-state index in [0.29, 0.717) is 18.0 Å². The molecule has 1 unspecified atom stereocenters. The summed E-state index contributed by atoms with van der Waals surface area (Å²) in [6.07, 6.45) is 1.86. The Morgan fingerprint density at radius 1 is 1.10 bits per heavy atom. The zero-order valence-corrected chi connectivity index (χ0v) is 17.9. The van der Waals surface area contributed by atoms with E-state index in [1.165, 1.54) is 4.90 Å². The van der Waals surface area contributed by atoms with Crippen LogP contribution in [0, 0.1) is 16.7 Å². The third kappa shape index (κ3) is 3.04. The van der Waals surface area contributed by atoms with E-state index < -0.39 is 6.04 Å². The van der Waals surface area contributed by atoms with E-state index in [1.807, 2.05) is 6.92 Å². The molecule has 29 heavy (non-hydrogen) atoms. The topological polar surface area (TPSA) is 66.9 Å². The summed E-state index contributed by atoms with van der Waals surface area (Å²) >= 11 is 0. The Morgan fingerprint density at radius 2 is 1.69 bits per heavy atom. The van der Waals surface area contributed by atoms with Crippen molar-refractivity contribution in [2.75, 3.05) is 11.5 Å². The number of hydrogen-bond acceptors (Lipinski definition) is 4. The Kier molecular flexibility index (Phi) is 4.52. The molecule has 0 bridgehead atoms. The van der Waals surface area contributed by atoms with Gasteiger partial charge in [0.15, 0.2) is 0 Å². The zero-order valence-electron chi connectivity index (χ0n) is 17.9. The first-order valence-electron chi connectivity index (χ1n) is 10.5. The first kappa shape index (κ1) is 19.9. The standard InChI is InChI=1S/C23H30N2O4/c1-6-29-16-11-9-15(10-12-16)25-18(26)13-17(20(25)27)24(14-7-8-14)21(28)19-22(2,3)23(19,4)5/h9-12,14,17,19H,6-8,13H2,1-5H3. The van der Waals surface area contributed by atoms with E-state index in [-0.39, 0.29) is 46.9 Å². The molecule has 3 fully saturated rings. The number of carbonyl (C=O) groups is 3. The number of rotatable bonds is 6. The highest BCUT2D eigenvalue weighted by Crippen LogP contribution is 2.69. The van der Waals surface area contributed by atoms with Gasteiger partial charge in [-0.3, -0.25) is 14.4 Å². The van der Waals surface area contributed by atoms with Crippen molar-refractivity contribution in [2.45, 2.75) is 66.0 Å². The van der Waals surface area contributed by atoms with Crippen molar-refractivity contribution < 1.29 is 19.1 Å². The molecule has 4 rings (SSSR count). The van der Waals surface area contributed by atoms with Gasteiger partial charge in [0.25, 0.3) is 5.91 Å². The van der Waals surface area contributed by atoms with Gasteiger partial charge in [0, 0.05) is 12.0 Å². The summed E-state index contributed by atoms with van der Waals surface area (Å²) in [5.74, 6) is 0.0627. The van der Waals surface area contributed by atoms with Crippen molar-refractivity contribution in [2.24, 2.45) is 16.7 Å². The maximum absolute atomic E-state index is 13.4. The monoisotopic (exact) mass is 398 g/mol. The molecule has 1 atom stereocenters. The van der Waals surface area contributed by atoms with E-state index in [9.17, 15) is 14.4 Å². The Labute approximate surface area is 172 Å². The molecule has 1 aromatic carbocycles. The van der Waals surface area contributed by atoms with Gasteiger partial charge in [-0.2, -0.15) is 0 Å². The van der Waals surface area contributed by atoms with Crippen molar-refractivity contribution in [3.8, 4) is 5.75 Å². The minimum absolute atomic E-state index is 0.0298. The van der Waals surface area contributed by atoms with Crippen LogP contribution in [0.25, 0.3) is 0 Å². The lowest BCUT2D eigenvalue weighted by molar-refractivity contribution is -0.141. The second-order valence-electron chi connectivity index (χ2n) is 9.57. The first-order chi connectivity index (χ1) is 13.6. The largest absolute Gasteiger partial charge is 0.494 e. The SMILES string of the molecule is CCOc1ccc(N2C(=O)CC(N(C(=O)C3C(C)(C)C3(C)C)C3CC3)C2=O)cc1. The Hall–Kier alpha value is -2.37. The summed E-state index contributed by atoms with van der Waals surface area (Å²) in [5.41, 5.74) is 0.330. The van der Waals surface area contributed by atoms with Crippen molar-refractivity contribution in [3.05, 3.63) is 24.3 Å². The molecule has 156 valence electrons. The average molecular weight is 399 g/mol. The van der Waals surface area contributed by atoms with E-state index in [0.717, 1.165) is 12.8 Å². The molecule has 1 heterocycles. The second kappa shape index (κ2) is 6.57. The zero-order chi connectivity index (χ0) is 21.1. The summed E-state index contributed by atoms with van der Waals surface area (Å²) in [4.78, 5) is 42.4. The summed E-state index contributed by atoms with van der Waals surface area (Å²) in [5, 5.41) is 0. The number of anilines is 1. The molecule has 2 saturated carbocycles. The van der Waals surface area contributed by atoms with E-state index in [4.69, 9.17) is 4.74 Å². The number of nitrogens with zero attached hydrogens (tertiary/aromatic N) is 2. The van der Waals surface area contributed by atoms with Gasteiger partial charge in [-0.15, -0.1) is 0 Å². The van der Waals surface area contributed by atoms with Crippen LogP contribution in [-0.2, 0) is 14.4 Å². The number of ether oxygens (including phenoxy) is 1. The molecule has 6 nitrogen and oxygen atoms in total. The first-order valence-corrected chi connectivity index (χ1v) is 10.5. The Bertz CT molecular complexity index is 840. The van der Waals surface area contributed by atoms with Crippen LogP contribution in [-0.4, -0.2) is 41.3 Å². The fraction of sp³-hybridized carbons (Fsp3) is 0.609. The van der Waals surface area contributed by atoms with E-state index in [1.54, 1.807) is 29.2 Å². The summed E-state index contributed by atoms with van der Waals surface area (Å²) < 4.78 is 5.44. The highest BCUT2D eigenvalue weighted by molar-refractivity contribution is 6.23. The molecular formula is C23H30N2O4. The van der Waals surface area contributed by atoms with Crippen LogP contribution in [0.15, 0.2) is 24.3 Å². The van der Waals surface area contributed by atoms with Crippen LogP contribution in [0.1, 0.15) is 53.9 Å². The van der Waals surface area contributed by atoms with Crippen LogP contribution < -0.4 is 9.64 Å². The van der Waals surface area contributed by atoms with Gasteiger partial charge < -0.3 is 9.64 Å². The number of hydrogen-bond donors (Lipinski definition) is 0. The van der Waals surface area contributed by atoms with E-state index in [2.05, 4.69) is 27.7 Å². The predicted molar refractivity (Wildman–Crippen MR) is 109 cm³/mol. The fourth-order valence-electron chi connectivity index (χ4n) is 4.87. The van der Waals surface area contributed by atoms with Gasteiger partial charge in [-0.25, -0.2) is 4.90 Å². The van der Waals surface area contributed by atoms with Crippen LogP contribution in [0.5, 0.6) is 5.75 Å². The molecule has 0 N–H and O–H groups in total. The minimum Gasteiger partial charge on any atom is -0.494 e. The Balaban J connectivity index is 1.57. The molecule has 1 aliphatic heterocycles. The second-order valence-corrected chi connectivity index (χ2v) is 9.57. The fourth-order valence-corrected chi connectivity index (χ4v) is 4.87. The maximum atomic E-state index is 13.4. The third-order valence-corrected chi connectivity index (χ3v) is 7.33. The predicted octanol–water partition coefficient (Wildman–Crippen LogP) is 3.39. The molecule has 0 aromatic heterocycles. The number of amides is 3. The maximum Gasteiger partial charge on any atom is 0.257 e. The lowest BCUT2D eigenvalue weighted by atomic mass is 10.0. The van der Waals surface area contributed by atoms with Crippen molar-refractivity contribution >= 4 is 23.4 Å². The molecule has 0 spiro atoms.